The van der Waals surface area contributed by atoms with Gasteiger partial charge in [-0.15, -0.1) is 0 Å². The maximum atomic E-state index is 12.9. The molecule has 2 heterocycles. The fraction of sp³-hybridized carbons (Fsp3) is 0.368. The summed E-state index contributed by atoms with van der Waals surface area (Å²) in [6, 6.07) is 9.04. The molecule has 1 aliphatic rings. The van der Waals surface area contributed by atoms with E-state index in [1.807, 2.05) is 18.2 Å². The van der Waals surface area contributed by atoms with Gasteiger partial charge in [0.1, 0.15) is 5.75 Å². The van der Waals surface area contributed by atoms with E-state index in [4.69, 9.17) is 9.15 Å². The van der Waals surface area contributed by atoms with Gasteiger partial charge in [-0.05, 0) is 36.2 Å². The molecule has 0 bridgehead atoms. The van der Waals surface area contributed by atoms with Crippen LogP contribution in [0.25, 0.3) is 0 Å². The standard InChI is InChI=1S/C19H22N2O4/c1-3-14-6-7-16(24-2)15(13-14)18(22)20-8-10-21(11-9-20)19(23)17-5-4-12-25-17/h4-7,12-13H,3,8-11H2,1-2H3. The molecule has 0 unspecified atom stereocenters. The molecule has 2 amide bonds. The van der Waals surface area contributed by atoms with Gasteiger partial charge in [0.2, 0.25) is 0 Å². The number of furan rings is 1. The van der Waals surface area contributed by atoms with Crippen LogP contribution in [0.4, 0.5) is 0 Å². The number of nitrogens with zero attached hydrogens (tertiary/aromatic N) is 2. The number of rotatable bonds is 4. The van der Waals surface area contributed by atoms with Crippen molar-refractivity contribution in [3.05, 3.63) is 53.5 Å². The summed E-state index contributed by atoms with van der Waals surface area (Å²) in [6.45, 7) is 4.01. The fourth-order valence-corrected chi connectivity index (χ4v) is 2.98. The van der Waals surface area contributed by atoms with E-state index in [2.05, 4.69) is 6.92 Å². The number of carbonyl (C=O) groups excluding carboxylic acids is 2. The number of piperazine rings is 1. The van der Waals surface area contributed by atoms with Crippen LogP contribution >= 0.6 is 0 Å². The monoisotopic (exact) mass is 342 g/mol. The molecule has 1 fully saturated rings. The van der Waals surface area contributed by atoms with Crippen LogP contribution in [-0.4, -0.2) is 54.9 Å². The molecule has 2 aromatic rings. The SMILES string of the molecule is CCc1ccc(OC)c(C(=O)N2CCN(C(=O)c3ccco3)CC2)c1. The summed E-state index contributed by atoms with van der Waals surface area (Å²) in [6.07, 6.45) is 2.34. The summed E-state index contributed by atoms with van der Waals surface area (Å²) in [7, 11) is 1.57. The molecular formula is C19H22N2O4. The first-order valence-electron chi connectivity index (χ1n) is 8.43. The molecule has 1 aliphatic heterocycles. The maximum Gasteiger partial charge on any atom is 0.289 e. The lowest BCUT2D eigenvalue weighted by molar-refractivity contribution is 0.0516. The second-order valence-electron chi connectivity index (χ2n) is 5.95. The zero-order valence-electron chi connectivity index (χ0n) is 14.5. The van der Waals surface area contributed by atoms with Gasteiger partial charge in [-0.3, -0.25) is 9.59 Å². The Hall–Kier alpha value is -2.76. The predicted octanol–water partition coefficient (Wildman–Crippen LogP) is 2.45. The smallest absolute Gasteiger partial charge is 0.289 e. The molecular weight excluding hydrogens is 320 g/mol. The van der Waals surface area contributed by atoms with Crippen molar-refractivity contribution in [3.63, 3.8) is 0 Å². The molecule has 0 atom stereocenters. The van der Waals surface area contributed by atoms with Crippen LogP contribution in [0.1, 0.15) is 33.4 Å². The topological polar surface area (TPSA) is 63.0 Å². The molecule has 132 valence electrons. The quantitative estimate of drug-likeness (QED) is 0.856. The molecule has 0 N–H and O–H groups in total. The van der Waals surface area contributed by atoms with Crippen molar-refractivity contribution >= 4 is 11.8 Å². The third-order valence-electron chi connectivity index (χ3n) is 4.49. The van der Waals surface area contributed by atoms with E-state index in [9.17, 15) is 9.59 Å². The average Bonchev–Trinajstić information content (AvgIpc) is 3.21. The van der Waals surface area contributed by atoms with Crippen molar-refractivity contribution in [3.8, 4) is 5.75 Å². The van der Waals surface area contributed by atoms with E-state index in [0.29, 0.717) is 43.3 Å². The van der Waals surface area contributed by atoms with E-state index in [0.717, 1.165) is 12.0 Å². The lowest BCUT2D eigenvalue weighted by atomic mass is 10.1. The van der Waals surface area contributed by atoms with Crippen molar-refractivity contribution in [2.24, 2.45) is 0 Å². The van der Waals surface area contributed by atoms with Gasteiger partial charge in [0.15, 0.2) is 5.76 Å². The Morgan fingerprint density at radius 2 is 1.76 bits per heavy atom. The molecule has 25 heavy (non-hydrogen) atoms. The van der Waals surface area contributed by atoms with Crippen LogP contribution in [0.2, 0.25) is 0 Å². The lowest BCUT2D eigenvalue weighted by Gasteiger charge is -2.34. The summed E-state index contributed by atoms with van der Waals surface area (Å²) in [5.41, 5.74) is 1.67. The predicted molar refractivity (Wildman–Crippen MR) is 92.9 cm³/mol. The van der Waals surface area contributed by atoms with Gasteiger partial charge in [0, 0.05) is 26.2 Å². The van der Waals surface area contributed by atoms with Gasteiger partial charge >= 0.3 is 0 Å². The molecule has 0 aliphatic carbocycles. The second-order valence-corrected chi connectivity index (χ2v) is 5.95. The third kappa shape index (κ3) is 3.52. The van der Waals surface area contributed by atoms with Crippen molar-refractivity contribution in [1.29, 1.82) is 0 Å². The number of hydrogen-bond acceptors (Lipinski definition) is 4. The van der Waals surface area contributed by atoms with E-state index in [1.165, 1.54) is 6.26 Å². The van der Waals surface area contributed by atoms with Gasteiger partial charge in [-0.1, -0.05) is 13.0 Å². The van der Waals surface area contributed by atoms with Gasteiger partial charge in [-0.25, -0.2) is 0 Å². The number of aryl methyl sites for hydroxylation is 1. The summed E-state index contributed by atoms with van der Waals surface area (Å²) in [5, 5.41) is 0. The van der Waals surface area contributed by atoms with Gasteiger partial charge in [0.05, 0.1) is 18.9 Å². The first-order valence-corrected chi connectivity index (χ1v) is 8.43. The number of ether oxygens (including phenoxy) is 1. The summed E-state index contributed by atoms with van der Waals surface area (Å²) in [4.78, 5) is 28.7. The van der Waals surface area contributed by atoms with Crippen LogP contribution in [-0.2, 0) is 6.42 Å². The normalized spacial score (nSPS) is 14.5. The van der Waals surface area contributed by atoms with Crippen LogP contribution in [0, 0.1) is 0 Å². The number of methoxy groups -OCH3 is 1. The van der Waals surface area contributed by atoms with Crippen molar-refractivity contribution in [1.82, 2.24) is 9.80 Å². The zero-order valence-corrected chi connectivity index (χ0v) is 14.5. The minimum absolute atomic E-state index is 0.0581. The van der Waals surface area contributed by atoms with Gasteiger partial charge in [0.25, 0.3) is 11.8 Å². The number of benzene rings is 1. The maximum absolute atomic E-state index is 12.9. The highest BCUT2D eigenvalue weighted by Crippen LogP contribution is 2.23. The summed E-state index contributed by atoms with van der Waals surface area (Å²) >= 11 is 0. The van der Waals surface area contributed by atoms with E-state index in [1.54, 1.807) is 29.0 Å². The molecule has 1 aromatic carbocycles. The molecule has 0 spiro atoms. The third-order valence-corrected chi connectivity index (χ3v) is 4.49. The second kappa shape index (κ2) is 7.42. The average molecular weight is 342 g/mol. The molecule has 6 nitrogen and oxygen atoms in total. The first-order chi connectivity index (χ1) is 12.1. The molecule has 1 aromatic heterocycles. The highest BCUT2D eigenvalue weighted by atomic mass is 16.5. The van der Waals surface area contributed by atoms with E-state index >= 15 is 0 Å². The van der Waals surface area contributed by atoms with Crippen molar-refractivity contribution in [2.45, 2.75) is 13.3 Å². The Balaban J connectivity index is 1.68. The van der Waals surface area contributed by atoms with Crippen LogP contribution in [0.5, 0.6) is 5.75 Å². The minimum Gasteiger partial charge on any atom is -0.496 e. The van der Waals surface area contributed by atoms with Gasteiger partial charge < -0.3 is 19.0 Å². The molecule has 0 saturated carbocycles. The fourth-order valence-electron chi connectivity index (χ4n) is 2.98. The molecule has 1 saturated heterocycles. The number of hydrogen-bond donors (Lipinski definition) is 0. The number of amides is 2. The molecule has 0 radical (unpaired) electrons. The van der Waals surface area contributed by atoms with Crippen molar-refractivity contribution < 1.29 is 18.7 Å². The molecule has 6 heteroatoms. The van der Waals surface area contributed by atoms with Crippen molar-refractivity contribution in [2.75, 3.05) is 33.3 Å². The lowest BCUT2D eigenvalue weighted by Crippen LogP contribution is -2.50. The number of carbonyl (C=O) groups is 2. The zero-order chi connectivity index (χ0) is 17.8. The Morgan fingerprint density at radius 3 is 2.32 bits per heavy atom. The van der Waals surface area contributed by atoms with Crippen LogP contribution in [0.15, 0.2) is 41.0 Å². The summed E-state index contributed by atoms with van der Waals surface area (Å²) in [5.74, 6) is 0.716. The van der Waals surface area contributed by atoms with Crippen LogP contribution < -0.4 is 4.74 Å². The first kappa shape index (κ1) is 17.1. The van der Waals surface area contributed by atoms with Crippen LogP contribution in [0.3, 0.4) is 0 Å². The Kier molecular flexibility index (Phi) is 5.07. The largest absolute Gasteiger partial charge is 0.496 e. The molecule has 3 rings (SSSR count). The van der Waals surface area contributed by atoms with Gasteiger partial charge in [-0.2, -0.15) is 0 Å². The minimum atomic E-state index is -0.136. The van der Waals surface area contributed by atoms with E-state index < -0.39 is 0 Å². The highest BCUT2D eigenvalue weighted by molar-refractivity contribution is 5.97. The Morgan fingerprint density at radius 1 is 1.08 bits per heavy atom. The Bertz CT molecular complexity index is 747. The highest BCUT2D eigenvalue weighted by Gasteiger charge is 2.27. The summed E-state index contributed by atoms with van der Waals surface area (Å²) < 4.78 is 10.5. The van der Waals surface area contributed by atoms with E-state index in [-0.39, 0.29) is 11.8 Å². The Labute approximate surface area is 147 Å².